The molecule has 18 heavy (non-hydrogen) atoms. The van der Waals surface area contributed by atoms with Gasteiger partial charge in [0, 0.05) is 12.6 Å². The molecule has 3 rings (SSSR count). The van der Waals surface area contributed by atoms with E-state index in [9.17, 15) is 10.1 Å². The molecule has 0 amide bonds. The molecule has 0 saturated carbocycles. The molecule has 0 radical (unpaired) electrons. The van der Waals surface area contributed by atoms with E-state index in [0.29, 0.717) is 11.7 Å². The molecule has 0 spiro atoms. The van der Waals surface area contributed by atoms with Crippen molar-refractivity contribution in [1.29, 1.82) is 0 Å². The van der Waals surface area contributed by atoms with E-state index in [1.54, 1.807) is 11.6 Å². The van der Waals surface area contributed by atoms with Gasteiger partial charge in [-0.3, -0.25) is 15.0 Å². The van der Waals surface area contributed by atoms with Crippen LogP contribution in [0.3, 0.4) is 0 Å². The highest BCUT2D eigenvalue weighted by Crippen LogP contribution is 2.39. The molecule has 2 N–H and O–H groups in total. The third kappa shape index (κ3) is 1.50. The summed E-state index contributed by atoms with van der Waals surface area (Å²) in [5, 5.41) is 15.3. The van der Waals surface area contributed by atoms with E-state index in [2.05, 4.69) is 10.00 Å². The second-order valence-electron chi connectivity index (χ2n) is 5.12. The zero-order valence-corrected chi connectivity index (χ0v) is 10.4. The number of hydrogen-bond acceptors (Lipinski definition) is 5. The highest BCUT2D eigenvalue weighted by molar-refractivity contribution is 5.56. The van der Waals surface area contributed by atoms with Crippen LogP contribution in [-0.4, -0.2) is 38.7 Å². The molecule has 2 aliphatic rings. The van der Waals surface area contributed by atoms with E-state index in [0.717, 1.165) is 25.9 Å². The van der Waals surface area contributed by atoms with Gasteiger partial charge in [0.2, 0.25) is 5.82 Å². The van der Waals surface area contributed by atoms with Crippen molar-refractivity contribution in [1.82, 2.24) is 14.7 Å². The van der Waals surface area contributed by atoms with Crippen molar-refractivity contribution in [3.05, 3.63) is 15.8 Å². The first-order chi connectivity index (χ1) is 8.59. The molecular weight excluding hydrogens is 234 g/mol. The van der Waals surface area contributed by atoms with Crippen molar-refractivity contribution < 1.29 is 4.92 Å². The van der Waals surface area contributed by atoms with E-state index >= 15 is 0 Å². The fourth-order valence-corrected chi connectivity index (χ4v) is 3.38. The summed E-state index contributed by atoms with van der Waals surface area (Å²) in [4.78, 5) is 13.0. The van der Waals surface area contributed by atoms with Crippen LogP contribution in [0.1, 0.15) is 31.0 Å². The van der Waals surface area contributed by atoms with Crippen LogP contribution in [-0.2, 0) is 0 Å². The van der Waals surface area contributed by atoms with Crippen LogP contribution >= 0.6 is 0 Å². The Balaban J connectivity index is 1.98. The fraction of sp³-hybridized carbons (Fsp3) is 0.727. The van der Waals surface area contributed by atoms with Crippen molar-refractivity contribution in [3.63, 3.8) is 0 Å². The molecule has 7 nitrogen and oxygen atoms in total. The number of fused-ring (bicyclic) bond motifs is 1. The Kier molecular flexibility index (Phi) is 2.51. The van der Waals surface area contributed by atoms with Crippen LogP contribution < -0.4 is 5.73 Å². The quantitative estimate of drug-likeness (QED) is 0.627. The van der Waals surface area contributed by atoms with Gasteiger partial charge in [-0.25, -0.2) is 4.68 Å². The lowest BCUT2D eigenvalue weighted by atomic mass is 10.1. The lowest BCUT2D eigenvalue weighted by molar-refractivity contribution is -0.384. The first kappa shape index (κ1) is 11.5. The van der Waals surface area contributed by atoms with Gasteiger partial charge in [-0.15, -0.1) is 0 Å². The predicted molar refractivity (Wildman–Crippen MR) is 66.3 cm³/mol. The zero-order valence-electron chi connectivity index (χ0n) is 10.4. The van der Waals surface area contributed by atoms with Crippen LogP contribution in [0, 0.1) is 17.0 Å². The molecule has 98 valence electrons. The molecule has 3 heterocycles. The molecule has 2 saturated heterocycles. The maximum Gasteiger partial charge on any atom is 0.333 e. The van der Waals surface area contributed by atoms with Gasteiger partial charge in [0.25, 0.3) is 0 Å². The number of aromatic nitrogens is 2. The number of anilines is 1. The van der Waals surface area contributed by atoms with Gasteiger partial charge >= 0.3 is 5.69 Å². The molecule has 2 aliphatic heterocycles. The number of nitrogen functional groups attached to an aromatic ring is 1. The van der Waals surface area contributed by atoms with Crippen molar-refractivity contribution >= 4 is 11.5 Å². The Morgan fingerprint density at radius 3 is 2.83 bits per heavy atom. The normalized spacial score (nSPS) is 27.6. The Labute approximate surface area is 105 Å². The molecule has 2 unspecified atom stereocenters. The molecule has 2 fully saturated rings. The van der Waals surface area contributed by atoms with Gasteiger partial charge in [0.1, 0.15) is 5.69 Å². The Morgan fingerprint density at radius 1 is 1.39 bits per heavy atom. The number of aryl methyl sites for hydroxylation is 1. The van der Waals surface area contributed by atoms with Gasteiger partial charge < -0.3 is 5.73 Å². The van der Waals surface area contributed by atoms with E-state index < -0.39 is 4.92 Å². The minimum Gasteiger partial charge on any atom is -0.378 e. The predicted octanol–water partition coefficient (Wildman–Crippen LogP) is 1.09. The highest BCUT2D eigenvalue weighted by atomic mass is 16.6. The van der Waals surface area contributed by atoms with Crippen molar-refractivity contribution in [3.8, 4) is 0 Å². The minimum atomic E-state index is -0.435. The first-order valence-corrected chi connectivity index (χ1v) is 6.32. The number of hydrogen-bond donors (Lipinski definition) is 1. The molecule has 0 aliphatic carbocycles. The maximum absolute atomic E-state index is 11.0. The summed E-state index contributed by atoms with van der Waals surface area (Å²) in [5.41, 5.74) is 6.28. The Morgan fingerprint density at radius 2 is 2.17 bits per heavy atom. The van der Waals surface area contributed by atoms with Crippen LogP contribution in [0.5, 0.6) is 0 Å². The maximum atomic E-state index is 11.0. The van der Waals surface area contributed by atoms with Crippen molar-refractivity contribution in [2.75, 3.05) is 18.8 Å². The minimum absolute atomic E-state index is 0.0357. The van der Waals surface area contributed by atoms with E-state index in [-0.39, 0.29) is 17.5 Å². The van der Waals surface area contributed by atoms with Gasteiger partial charge in [-0.2, -0.15) is 5.10 Å². The van der Waals surface area contributed by atoms with Crippen LogP contribution in [0.15, 0.2) is 0 Å². The summed E-state index contributed by atoms with van der Waals surface area (Å²) in [6.07, 6.45) is 3.31. The largest absolute Gasteiger partial charge is 0.378 e. The van der Waals surface area contributed by atoms with Crippen LogP contribution in [0.2, 0.25) is 0 Å². The summed E-state index contributed by atoms with van der Waals surface area (Å²) in [5.74, 6) is 0.205. The van der Waals surface area contributed by atoms with Gasteiger partial charge in [0.15, 0.2) is 0 Å². The highest BCUT2D eigenvalue weighted by Gasteiger charge is 2.40. The molecule has 2 atom stereocenters. The summed E-state index contributed by atoms with van der Waals surface area (Å²) in [6.45, 7) is 3.82. The van der Waals surface area contributed by atoms with E-state index in [1.807, 2.05) is 0 Å². The van der Waals surface area contributed by atoms with Crippen LogP contribution in [0.4, 0.5) is 11.5 Å². The number of nitrogens with zero attached hydrogens (tertiary/aromatic N) is 4. The van der Waals surface area contributed by atoms with Gasteiger partial charge in [-0.05, 0) is 32.7 Å². The molecule has 1 aromatic heterocycles. The molecular formula is C11H17N5O2. The standard InChI is InChI=1S/C11H17N5O2/c1-7-10(16(17)18)11(12)15(13-7)9-4-6-14-5-2-3-8(9)14/h8-9H,2-6,12H2,1H3. The van der Waals surface area contributed by atoms with Crippen LogP contribution in [0.25, 0.3) is 0 Å². The SMILES string of the molecule is Cc1nn(C2CCN3CCCC23)c(N)c1[N+](=O)[O-]. The summed E-state index contributed by atoms with van der Waals surface area (Å²) >= 11 is 0. The second-order valence-corrected chi connectivity index (χ2v) is 5.12. The average molecular weight is 251 g/mol. The monoisotopic (exact) mass is 251 g/mol. The third-order valence-corrected chi connectivity index (χ3v) is 4.16. The Hall–Kier alpha value is -1.63. The zero-order chi connectivity index (χ0) is 12.9. The molecule has 0 bridgehead atoms. The number of rotatable bonds is 2. The topological polar surface area (TPSA) is 90.2 Å². The second kappa shape index (κ2) is 3.94. The summed E-state index contributed by atoms with van der Waals surface area (Å²) in [6, 6.07) is 0.645. The van der Waals surface area contributed by atoms with Gasteiger partial charge in [0.05, 0.1) is 11.0 Å². The first-order valence-electron chi connectivity index (χ1n) is 6.32. The van der Waals surface area contributed by atoms with Gasteiger partial charge in [-0.1, -0.05) is 0 Å². The summed E-state index contributed by atoms with van der Waals surface area (Å²) < 4.78 is 1.68. The summed E-state index contributed by atoms with van der Waals surface area (Å²) in [7, 11) is 0. The molecule has 1 aromatic rings. The number of nitro groups is 1. The van der Waals surface area contributed by atoms with Crippen molar-refractivity contribution in [2.24, 2.45) is 0 Å². The third-order valence-electron chi connectivity index (χ3n) is 4.16. The molecule has 0 aromatic carbocycles. The lowest BCUT2D eigenvalue weighted by Gasteiger charge is -2.20. The fourth-order valence-electron chi connectivity index (χ4n) is 3.38. The number of nitrogens with two attached hydrogens (primary N) is 1. The smallest absolute Gasteiger partial charge is 0.333 e. The molecule has 7 heteroatoms. The lowest BCUT2D eigenvalue weighted by Crippen LogP contribution is -2.28. The van der Waals surface area contributed by atoms with E-state index in [4.69, 9.17) is 5.73 Å². The average Bonchev–Trinajstić information content (AvgIpc) is 2.92. The van der Waals surface area contributed by atoms with E-state index in [1.165, 1.54) is 6.42 Å². The Bertz CT molecular complexity index is 498. The van der Waals surface area contributed by atoms with Crippen molar-refractivity contribution in [2.45, 2.75) is 38.3 Å².